The highest BCUT2D eigenvalue weighted by molar-refractivity contribution is 6.13. The molecular weight excluding hydrogens is 613 g/mol. The molecule has 0 aliphatic heterocycles. The van der Waals surface area contributed by atoms with Gasteiger partial charge in [-0.1, -0.05) is 133 Å². The van der Waals surface area contributed by atoms with Gasteiger partial charge in [0.15, 0.2) is 17.5 Å². The molecule has 0 N–H and O–H groups in total. The van der Waals surface area contributed by atoms with E-state index >= 15 is 0 Å². The van der Waals surface area contributed by atoms with Crippen molar-refractivity contribution >= 4 is 43.7 Å². The van der Waals surface area contributed by atoms with Gasteiger partial charge < -0.3 is 8.98 Å². The van der Waals surface area contributed by atoms with Gasteiger partial charge in [0.05, 0.1) is 41.2 Å². The van der Waals surface area contributed by atoms with Crippen molar-refractivity contribution in [3.63, 3.8) is 0 Å². The van der Waals surface area contributed by atoms with Crippen molar-refractivity contribution in [1.82, 2.24) is 19.5 Å². The van der Waals surface area contributed by atoms with E-state index in [2.05, 4.69) is 15.0 Å². The summed E-state index contributed by atoms with van der Waals surface area (Å²) >= 11 is 0. The first-order valence-corrected chi connectivity index (χ1v) is 14.9. The van der Waals surface area contributed by atoms with Gasteiger partial charge in [0.25, 0.3) is 0 Å². The summed E-state index contributed by atoms with van der Waals surface area (Å²) in [6.07, 6.45) is 0. The highest BCUT2D eigenvalue weighted by atomic mass is 16.3. The highest BCUT2D eigenvalue weighted by Gasteiger charge is 2.19. The van der Waals surface area contributed by atoms with E-state index in [1.165, 1.54) is 34.9 Å². The molecule has 5 heteroatoms. The molecule has 0 amide bonds. The smallest absolute Gasteiger partial charge is 0.164 e. The zero-order chi connectivity index (χ0) is 52.2. The Bertz CT molecular complexity index is 3980. The summed E-state index contributed by atoms with van der Waals surface area (Å²) < 4.78 is 197. The number of aromatic nitrogens is 4. The van der Waals surface area contributed by atoms with E-state index in [0.29, 0.717) is 0 Å². The molecular formula is C45H28N4O. The molecule has 10 aromatic rings. The monoisotopic (exact) mass is 662 g/mol. The predicted octanol–water partition coefficient (Wildman–Crippen LogP) is 11.5. The fourth-order valence-electron chi connectivity index (χ4n) is 5.88. The van der Waals surface area contributed by atoms with Gasteiger partial charge in [-0.15, -0.1) is 0 Å². The topological polar surface area (TPSA) is 56.7 Å². The Morgan fingerprint density at radius 1 is 0.460 bits per heavy atom. The number of hydrogen-bond donors (Lipinski definition) is 0. The standard InChI is InChI=1S/C45H28N4O/c1-4-14-29(15-5-1)37-27-33(49-39-22-12-10-20-34(39)35-21-11-13-23-40(35)49)28-38-36-25-24-32(26-41(36)50-42(37)38)45-47-43(30-16-6-2-7-17-30)46-44(48-45)31-18-8-3-9-19-31/h1-28H/i1D,2D,3D,4D,5D,6D,7D,8D,9D,10D,11D,12D,14D,15D,16D,17D,18D,19D,20D,21D,22D,23D. The van der Waals surface area contributed by atoms with Crippen LogP contribution in [0.1, 0.15) is 30.2 Å². The number of para-hydroxylation sites is 2. The Morgan fingerprint density at radius 2 is 1.02 bits per heavy atom. The van der Waals surface area contributed by atoms with Crippen LogP contribution in [0, 0.1) is 0 Å². The van der Waals surface area contributed by atoms with Crippen molar-refractivity contribution in [2.24, 2.45) is 0 Å². The molecule has 5 nitrogen and oxygen atoms in total. The summed E-state index contributed by atoms with van der Waals surface area (Å²) in [6, 6.07) is -5.98. The van der Waals surface area contributed by atoms with E-state index < -0.39 is 150 Å². The molecule has 3 aromatic heterocycles. The van der Waals surface area contributed by atoms with Gasteiger partial charge >= 0.3 is 0 Å². The fraction of sp³-hybridized carbons (Fsp3) is 0. The summed E-state index contributed by atoms with van der Waals surface area (Å²) in [5, 5.41) is 0.164. The Hall–Kier alpha value is -6.85. The van der Waals surface area contributed by atoms with Crippen LogP contribution in [0.15, 0.2) is 174 Å². The third-order valence-electron chi connectivity index (χ3n) is 8.01. The molecule has 234 valence electrons. The normalized spacial score (nSPS) is 17.8. The Balaban J connectivity index is 1.32. The zero-order valence-corrected chi connectivity index (χ0v) is 25.2. The van der Waals surface area contributed by atoms with Crippen LogP contribution < -0.4 is 0 Å². The van der Waals surface area contributed by atoms with Gasteiger partial charge in [-0.05, 0) is 41.9 Å². The van der Waals surface area contributed by atoms with Crippen molar-refractivity contribution in [2.75, 3.05) is 0 Å². The van der Waals surface area contributed by atoms with Crippen LogP contribution in [0.4, 0.5) is 0 Å². The van der Waals surface area contributed by atoms with Gasteiger partial charge in [0.2, 0.25) is 0 Å². The van der Waals surface area contributed by atoms with Crippen LogP contribution in [0.25, 0.3) is 94.7 Å². The van der Waals surface area contributed by atoms with Crippen molar-refractivity contribution in [2.45, 2.75) is 0 Å². The largest absolute Gasteiger partial charge is 0.455 e. The Kier molecular flexibility index (Phi) is 3.18. The maximum atomic E-state index is 9.08. The summed E-state index contributed by atoms with van der Waals surface area (Å²) in [4.78, 5) is 13.3. The minimum absolute atomic E-state index is 0.0139. The van der Waals surface area contributed by atoms with Crippen LogP contribution in [-0.4, -0.2) is 19.5 Å². The molecule has 0 bridgehead atoms. The average Bonchev–Trinajstić information content (AvgIpc) is 3.92. The molecule has 0 saturated carbocycles. The van der Waals surface area contributed by atoms with E-state index in [1.807, 2.05) is 0 Å². The third kappa shape index (κ3) is 4.60. The fourth-order valence-corrected chi connectivity index (χ4v) is 5.88. The lowest BCUT2D eigenvalue weighted by Crippen LogP contribution is -2.00. The second kappa shape index (κ2) is 11.4. The minimum Gasteiger partial charge on any atom is -0.455 e. The first-order valence-electron chi connectivity index (χ1n) is 25.9. The van der Waals surface area contributed by atoms with Gasteiger partial charge in [-0.25, -0.2) is 15.0 Å². The number of hydrogen-bond acceptors (Lipinski definition) is 4. The van der Waals surface area contributed by atoms with Crippen molar-refractivity contribution in [3.05, 3.63) is 169 Å². The molecule has 0 fully saturated rings. The van der Waals surface area contributed by atoms with E-state index in [1.54, 1.807) is 0 Å². The molecule has 0 unspecified atom stereocenters. The molecule has 0 radical (unpaired) electrons. The van der Waals surface area contributed by atoms with E-state index in [9.17, 15) is 0 Å². The van der Waals surface area contributed by atoms with Gasteiger partial charge in [-0.2, -0.15) is 0 Å². The first kappa shape index (κ1) is 13.9. The molecule has 0 spiro atoms. The highest BCUT2D eigenvalue weighted by Crippen LogP contribution is 2.41. The lowest BCUT2D eigenvalue weighted by atomic mass is 10.0. The molecule has 0 aliphatic carbocycles. The number of furan rings is 1. The first-order chi connectivity index (χ1) is 33.9. The van der Waals surface area contributed by atoms with Crippen LogP contribution in [0.2, 0.25) is 0 Å². The molecule has 3 heterocycles. The van der Waals surface area contributed by atoms with Crippen LogP contribution in [0.5, 0.6) is 0 Å². The molecule has 50 heavy (non-hydrogen) atoms. The van der Waals surface area contributed by atoms with Gasteiger partial charge in [-0.3, -0.25) is 0 Å². The second-order valence-electron chi connectivity index (χ2n) is 10.8. The maximum absolute atomic E-state index is 9.08. The van der Waals surface area contributed by atoms with Crippen molar-refractivity contribution < 1.29 is 34.6 Å². The Morgan fingerprint density at radius 3 is 1.70 bits per heavy atom. The van der Waals surface area contributed by atoms with Gasteiger partial charge in [0, 0.05) is 49.5 Å². The van der Waals surface area contributed by atoms with E-state index in [0.717, 1.165) is 6.07 Å². The number of benzene rings is 7. The van der Waals surface area contributed by atoms with Crippen molar-refractivity contribution in [1.29, 1.82) is 0 Å². The number of fused-ring (bicyclic) bond motifs is 6. The van der Waals surface area contributed by atoms with E-state index in [-0.39, 0.29) is 78.0 Å². The summed E-state index contributed by atoms with van der Waals surface area (Å²) in [6.45, 7) is 0. The van der Waals surface area contributed by atoms with Crippen molar-refractivity contribution in [3.8, 4) is 51.0 Å². The molecule has 0 aliphatic rings. The molecule has 10 rings (SSSR count). The zero-order valence-electron chi connectivity index (χ0n) is 47.2. The molecule has 0 atom stereocenters. The SMILES string of the molecule is [2H]c1cc([2H])c2c(c1[2H])c1c([2H])c([2H])c([2H])c([2H])c1n2-c1cc(-c2c([2H])c([2H])c([2H])c([2H])c2[2H])c2oc3cc(-c4nc(-c5c([2H])c([2H])c([2H])c([2H])c5[2H])nc(-c5c([2H])c([2H])c([2H])c([2H])c5[2H])n4)ccc3c2c1. The number of rotatable bonds is 5. The average molecular weight is 663 g/mol. The Labute approximate surface area is 318 Å². The lowest BCUT2D eigenvalue weighted by Gasteiger charge is -2.11. The predicted molar refractivity (Wildman–Crippen MR) is 203 cm³/mol. The summed E-state index contributed by atoms with van der Waals surface area (Å²) in [7, 11) is 0. The minimum atomic E-state index is -0.739. The van der Waals surface area contributed by atoms with Crippen LogP contribution >= 0.6 is 0 Å². The number of nitrogens with zero attached hydrogens (tertiary/aromatic N) is 4. The molecule has 7 aromatic carbocycles. The van der Waals surface area contributed by atoms with E-state index in [4.69, 9.17) is 34.6 Å². The van der Waals surface area contributed by atoms with Crippen LogP contribution in [0.3, 0.4) is 0 Å². The molecule has 0 saturated heterocycles. The quantitative estimate of drug-likeness (QED) is 0.184. The van der Waals surface area contributed by atoms with Crippen LogP contribution in [-0.2, 0) is 0 Å². The maximum Gasteiger partial charge on any atom is 0.164 e. The second-order valence-corrected chi connectivity index (χ2v) is 10.8. The lowest BCUT2D eigenvalue weighted by molar-refractivity contribution is 0.670. The summed E-state index contributed by atoms with van der Waals surface area (Å²) in [5.41, 5.74) is -1.71. The third-order valence-corrected chi connectivity index (χ3v) is 8.01. The van der Waals surface area contributed by atoms with Gasteiger partial charge in [0.1, 0.15) is 11.2 Å². The summed E-state index contributed by atoms with van der Waals surface area (Å²) in [5.74, 6) is -1.35.